The van der Waals surface area contributed by atoms with Crippen molar-refractivity contribution < 1.29 is 53.0 Å². The molecule has 2 saturated heterocycles. The highest BCUT2D eigenvalue weighted by Gasteiger charge is 2.31. The van der Waals surface area contributed by atoms with Gasteiger partial charge in [-0.15, -0.1) is 0 Å². The molecule has 2 aliphatic rings. The number of rotatable bonds is 10. The van der Waals surface area contributed by atoms with E-state index in [1.807, 2.05) is 19.1 Å². The van der Waals surface area contributed by atoms with Crippen LogP contribution in [-0.4, -0.2) is 64.6 Å². The minimum atomic E-state index is -0.768. The maximum atomic E-state index is 11.8. The van der Waals surface area contributed by atoms with E-state index >= 15 is 0 Å². The van der Waals surface area contributed by atoms with Gasteiger partial charge >= 0.3 is 12.1 Å². The molecule has 11 heteroatoms. The first-order valence-corrected chi connectivity index (χ1v) is 16.9. The third-order valence-corrected chi connectivity index (χ3v) is 7.75. The Morgan fingerprint density at radius 3 is 1.90 bits per heavy atom. The van der Waals surface area contributed by atoms with Crippen molar-refractivity contribution >= 4 is 12.1 Å². The molecule has 268 valence electrons. The van der Waals surface area contributed by atoms with Gasteiger partial charge in [-0.3, -0.25) is 4.79 Å². The number of hydrogen-bond acceptors (Lipinski definition) is 11. The lowest BCUT2D eigenvalue weighted by atomic mass is 10.0. The first-order valence-electron chi connectivity index (χ1n) is 16.9. The zero-order valence-corrected chi connectivity index (χ0v) is 29.5. The number of carbonyl (C=O) groups is 2. The monoisotopic (exact) mass is 674 g/mol. The molecule has 0 spiro atoms. The van der Waals surface area contributed by atoms with Crippen molar-refractivity contribution in [3.63, 3.8) is 0 Å². The summed E-state index contributed by atoms with van der Waals surface area (Å²) in [5.41, 5.74) is 1.11. The fourth-order valence-corrected chi connectivity index (χ4v) is 5.48. The molecule has 2 aliphatic heterocycles. The number of benzene rings is 2. The van der Waals surface area contributed by atoms with E-state index in [0.29, 0.717) is 25.0 Å². The number of aliphatic hydroxyl groups is 1. The van der Waals surface area contributed by atoms with Gasteiger partial charge in [0.15, 0.2) is 12.6 Å². The van der Waals surface area contributed by atoms with E-state index in [9.17, 15) is 19.8 Å². The van der Waals surface area contributed by atoms with Crippen molar-refractivity contribution in [2.45, 2.75) is 149 Å². The van der Waals surface area contributed by atoms with Crippen molar-refractivity contribution in [2.75, 3.05) is 0 Å². The topological polar surface area (TPSA) is 139 Å². The molecule has 2 fully saturated rings. The predicted molar refractivity (Wildman–Crippen MR) is 178 cm³/mol. The van der Waals surface area contributed by atoms with Crippen LogP contribution in [0.5, 0.6) is 11.5 Å². The molecule has 2 aromatic carbocycles. The normalized spacial score (nSPS) is 25.5. The van der Waals surface area contributed by atoms with Crippen LogP contribution in [0, 0.1) is 0 Å². The lowest BCUT2D eigenvalue weighted by molar-refractivity contribution is -0.248. The van der Waals surface area contributed by atoms with Crippen LogP contribution in [0.3, 0.4) is 0 Å². The summed E-state index contributed by atoms with van der Waals surface area (Å²) in [6.07, 6.45) is 2.00. The molecule has 0 saturated carbocycles. The second-order valence-corrected chi connectivity index (χ2v) is 13.4. The largest absolute Gasteiger partial charge is 0.514 e. The molecule has 0 bridgehead atoms. The van der Waals surface area contributed by atoms with Gasteiger partial charge in [0.05, 0.1) is 30.5 Å². The summed E-state index contributed by atoms with van der Waals surface area (Å²) in [7, 11) is 0. The molecular formula is C37H54O11. The summed E-state index contributed by atoms with van der Waals surface area (Å²) in [5.74, 6) is 0.256. The molecule has 7 unspecified atom stereocenters. The van der Waals surface area contributed by atoms with Crippen LogP contribution in [0.1, 0.15) is 118 Å². The van der Waals surface area contributed by atoms with Gasteiger partial charge in [-0.2, -0.15) is 0 Å². The van der Waals surface area contributed by atoms with Crippen LogP contribution < -0.4 is 4.74 Å². The fourth-order valence-electron chi connectivity index (χ4n) is 5.48. The Kier molecular flexibility index (Phi) is 15.1. The molecule has 0 aliphatic carbocycles. The van der Waals surface area contributed by atoms with Gasteiger partial charge in [-0.05, 0) is 84.6 Å². The summed E-state index contributed by atoms with van der Waals surface area (Å²) < 4.78 is 39.1. The van der Waals surface area contributed by atoms with Crippen LogP contribution in [0.15, 0.2) is 48.5 Å². The van der Waals surface area contributed by atoms with Gasteiger partial charge in [0.1, 0.15) is 23.2 Å². The number of aliphatic hydroxyl groups excluding tert-OH is 1. The fraction of sp³-hybridized carbons (Fsp3) is 0.622. The first-order chi connectivity index (χ1) is 22.6. The van der Waals surface area contributed by atoms with Crippen molar-refractivity contribution in [2.24, 2.45) is 0 Å². The molecular weight excluding hydrogens is 620 g/mol. The third kappa shape index (κ3) is 13.7. The standard InChI is InChI=1S/C23H34O8.C14H20O3/c1-14(27-16(3)24)11-18(25)13-20-12-15(2)28-21(29-20)17-7-9-19(10-8-17)30-22(26)31-23(4,5)6;1-3-12-9-13(4-2)17-14(16-12)10-5-7-11(15)8-6-10/h7-10,14-15,18,20-21,25H,11-13H2,1-6H3;5-8,12-15H,3-4,9H2,1-2H3. The van der Waals surface area contributed by atoms with Crippen molar-refractivity contribution in [1.82, 2.24) is 0 Å². The summed E-state index contributed by atoms with van der Waals surface area (Å²) in [5, 5.41) is 19.6. The number of ether oxygens (including phenoxy) is 7. The van der Waals surface area contributed by atoms with Gasteiger partial charge in [0, 0.05) is 30.9 Å². The number of aromatic hydroxyl groups is 1. The molecule has 2 heterocycles. The predicted octanol–water partition coefficient (Wildman–Crippen LogP) is 7.67. The molecule has 11 nitrogen and oxygen atoms in total. The van der Waals surface area contributed by atoms with E-state index in [0.717, 1.165) is 30.4 Å². The average Bonchev–Trinajstić information content (AvgIpc) is 3.00. The second kappa shape index (κ2) is 18.5. The van der Waals surface area contributed by atoms with E-state index in [1.54, 1.807) is 64.1 Å². The summed E-state index contributed by atoms with van der Waals surface area (Å²) in [6.45, 7) is 14.6. The quantitative estimate of drug-likeness (QED) is 0.190. The van der Waals surface area contributed by atoms with Crippen LogP contribution in [0.25, 0.3) is 0 Å². The van der Waals surface area contributed by atoms with Gasteiger partial charge in [0.25, 0.3) is 0 Å². The SMILES string of the molecule is CC(=O)OC(C)CC(O)CC1CC(C)OC(c2ccc(OC(=O)OC(C)(C)C)cc2)O1.CCC1CC(CC)OC(c2ccc(O)cc2)O1. The highest BCUT2D eigenvalue weighted by Crippen LogP contribution is 2.34. The maximum Gasteiger partial charge on any atom is 0.514 e. The molecule has 0 amide bonds. The maximum absolute atomic E-state index is 11.8. The Hall–Kier alpha value is -3.22. The van der Waals surface area contributed by atoms with E-state index in [-0.39, 0.29) is 48.5 Å². The number of esters is 1. The highest BCUT2D eigenvalue weighted by molar-refractivity contribution is 5.66. The van der Waals surface area contributed by atoms with E-state index in [1.165, 1.54) is 6.92 Å². The van der Waals surface area contributed by atoms with Gasteiger partial charge in [-0.1, -0.05) is 38.1 Å². The molecule has 0 radical (unpaired) electrons. The van der Waals surface area contributed by atoms with Crippen LogP contribution >= 0.6 is 0 Å². The molecule has 48 heavy (non-hydrogen) atoms. The summed E-state index contributed by atoms with van der Waals surface area (Å²) in [6, 6.07) is 13.9. The van der Waals surface area contributed by atoms with Gasteiger partial charge in [0.2, 0.25) is 0 Å². The van der Waals surface area contributed by atoms with Gasteiger partial charge in [-0.25, -0.2) is 4.79 Å². The zero-order chi connectivity index (χ0) is 35.4. The zero-order valence-electron chi connectivity index (χ0n) is 29.5. The van der Waals surface area contributed by atoms with Crippen molar-refractivity contribution in [3.05, 3.63) is 59.7 Å². The van der Waals surface area contributed by atoms with E-state index in [2.05, 4.69) is 13.8 Å². The lowest BCUT2D eigenvalue weighted by Crippen LogP contribution is -2.35. The second-order valence-electron chi connectivity index (χ2n) is 13.4. The van der Waals surface area contributed by atoms with Crippen LogP contribution in [0.4, 0.5) is 4.79 Å². The first kappa shape index (κ1) is 39.2. The van der Waals surface area contributed by atoms with Crippen LogP contribution in [-0.2, 0) is 33.2 Å². The van der Waals surface area contributed by atoms with E-state index < -0.39 is 24.2 Å². The number of phenols is 1. The Labute approximate surface area is 284 Å². The van der Waals surface area contributed by atoms with Gasteiger partial charge < -0.3 is 43.4 Å². The highest BCUT2D eigenvalue weighted by atomic mass is 16.7. The minimum absolute atomic E-state index is 0.0560. The smallest absolute Gasteiger partial charge is 0.508 e. The van der Waals surface area contributed by atoms with Crippen molar-refractivity contribution in [1.29, 1.82) is 0 Å². The Morgan fingerprint density at radius 2 is 1.38 bits per heavy atom. The third-order valence-electron chi connectivity index (χ3n) is 7.75. The Morgan fingerprint density at radius 1 is 0.854 bits per heavy atom. The molecule has 0 aromatic heterocycles. The summed E-state index contributed by atoms with van der Waals surface area (Å²) >= 11 is 0. The molecule has 2 aromatic rings. The molecule has 2 N–H and O–H groups in total. The minimum Gasteiger partial charge on any atom is -0.508 e. The number of carbonyl (C=O) groups excluding carboxylic acids is 2. The number of phenolic OH excluding ortho intramolecular Hbond substituents is 1. The van der Waals surface area contributed by atoms with E-state index in [4.69, 9.17) is 33.2 Å². The summed E-state index contributed by atoms with van der Waals surface area (Å²) in [4.78, 5) is 22.8. The van der Waals surface area contributed by atoms with Crippen LogP contribution in [0.2, 0.25) is 0 Å². The molecule has 4 rings (SSSR count). The number of hydrogen-bond donors (Lipinski definition) is 2. The molecule has 7 atom stereocenters. The average molecular weight is 675 g/mol. The lowest BCUT2D eigenvalue weighted by Gasteiger charge is -2.35. The Bertz CT molecular complexity index is 1250. The van der Waals surface area contributed by atoms with Crippen molar-refractivity contribution in [3.8, 4) is 11.5 Å². The Balaban J connectivity index is 0.000000308.